The molecule has 2 aliphatic rings. The summed E-state index contributed by atoms with van der Waals surface area (Å²) >= 11 is 0. The van der Waals surface area contributed by atoms with Gasteiger partial charge in [0.2, 0.25) is 0 Å². The number of ether oxygens (including phenoxy) is 2. The van der Waals surface area contributed by atoms with Crippen molar-refractivity contribution in [2.45, 2.75) is 31.0 Å². The molecule has 1 saturated heterocycles. The first kappa shape index (κ1) is 18.9. The van der Waals surface area contributed by atoms with Gasteiger partial charge in [-0.05, 0) is 43.1 Å². The first-order valence-electron chi connectivity index (χ1n) is 9.70. The minimum absolute atomic E-state index is 0.0478. The maximum absolute atomic E-state index is 8.60. The highest BCUT2D eigenvalue weighted by atomic mass is 16.5. The van der Waals surface area contributed by atoms with E-state index < -0.39 is 0 Å². The minimum atomic E-state index is -0.175. The van der Waals surface area contributed by atoms with Crippen molar-refractivity contribution < 1.29 is 9.47 Å². The molecule has 3 unspecified atom stereocenters. The van der Waals surface area contributed by atoms with Crippen molar-refractivity contribution in [3.05, 3.63) is 59.2 Å². The predicted octanol–water partition coefficient (Wildman–Crippen LogP) is 2.04. The number of benzene rings is 1. The van der Waals surface area contributed by atoms with Gasteiger partial charge in [-0.1, -0.05) is 24.3 Å². The monoisotopic (exact) mass is 381 g/mol. The fourth-order valence-electron chi connectivity index (χ4n) is 3.96. The second kappa shape index (κ2) is 7.87. The third-order valence-electron chi connectivity index (χ3n) is 5.65. The fraction of sp³-hybridized carbons (Fsp3) is 0.429. The van der Waals surface area contributed by atoms with Gasteiger partial charge < -0.3 is 15.2 Å². The minimum Gasteiger partial charge on any atom is -0.484 e. The van der Waals surface area contributed by atoms with Crippen molar-refractivity contribution >= 4 is 5.84 Å². The molecule has 0 radical (unpaired) electrons. The molecule has 1 aromatic carbocycles. The summed E-state index contributed by atoms with van der Waals surface area (Å²) in [5, 5.41) is 16.8. The molecule has 1 fully saturated rings. The number of rotatable bonds is 3. The maximum Gasteiger partial charge on any atom is 0.137 e. The predicted molar refractivity (Wildman–Crippen MR) is 107 cm³/mol. The Morgan fingerprint density at radius 2 is 1.96 bits per heavy atom. The van der Waals surface area contributed by atoms with Crippen molar-refractivity contribution in [1.82, 2.24) is 9.47 Å². The molecule has 0 bridgehead atoms. The summed E-state index contributed by atoms with van der Waals surface area (Å²) in [6, 6.07) is 11.5. The molecule has 4 N–H and O–H groups in total. The smallest absolute Gasteiger partial charge is 0.137 e. The Morgan fingerprint density at radius 3 is 2.75 bits per heavy atom. The normalized spacial score (nSPS) is 25.1. The van der Waals surface area contributed by atoms with Gasteiger partial charge in [-0.2, -0.15) is 0 Å². The van der Waals surface area contributed by atoms with Crippen molar-refractivity contribution in [3.8, 4) is 5.75 Å². The molecular formula is C21H27N5O2. The molecule has 4 rings (SSSR count). The second-order valence-corrected chi connectivity index (χ2v) is 7.50. The van der Waals surface area contributed by atoms with Gasteiger partial charge in [0.1, 0.15) is 23.2 Å². The van der Waals surface area contributed by atoms with Crippen LogP contribution in [0.1, 0.15) is 36.1 Å². The van der Waals surface area contributed by atoms with Crippen LogP contribution < -0.4 is 16.0 Å². The van der Waals surface area contributed by atoms with Crippen LogP contribution in [0.2, 0.25) is 0 Å². The van der Waals surface area contributed by atoms with Gasteiger partial charge in [0.05, 0.1) is 25.5 Å². The summed E-state index contributed by atoms with van der Waals surface area (Å²) in [6.07, 6.45) is 3.39. The highest BCUT2D eigenvalue weighted by molar-refractivity contribution is 5.87. The molecule has 0 amide bonds. The van der Waals surface area contributed by atoms with Gasteiger partial charge in [0, 0.05) is 12.6 Å². The van der Waals surface area contributed by atoms with Crippen molar-refractivity contribution in [3.63, 3.8) is 0 Å². The lowest BCUT2D eigenvalue weighted by Crippen LogP contribution is -2.51. The molecule has 3 atom stereocenters. The Balaban J connectivity index is 1.59. The molecule has 1 aliphatic carbocycles. The summed E-state index contributed by atoms with van der Waals surface area (Å²) in [7, 11) is 1.98. The number of aromatic nitrogens is 1. The Labute approximate surface area is 164 Å². The summed E-state index contributed by atoms with van der Waals surface area (Å²) in [6.45, 7) is 1.90. The number of hydrogen-bond acceptors (Lipinski definition) is 6. The highest BCUT2D eigenvalue weighted by Crippen LogP contribution is 2.37. The largest absolute Gasteiger partial charge is 0.484 e. The Morgan fingerprint density at radius 1 is 1.18 bits per heavy atom. The van der Waals surface area contributed by atoms with Crippen molar-refractivity contribution in [1.29, 1.82) is 10.8 Å². The van der Waals surface area contributed by atoms with Crippen molar-refractivity contribution in [2.75, 3.05) is 26.8 Å². The van der Waals surface area contributed by atoms with E-state index >= 15 is 0 Å². The molecule has 1 aliphatic heterocycles. The van der Waals surface area contributed by atoms with E-state index in [0.717, 1.165) is 30.5 Å². The van der Waals surface area contributed by atoms with Crippen LogP contribution in [0.25, 0.3) is 0 Å². The van der Waals surface area contributed by atoms with E-state index in [2.05, 4.69) is 17.0 Å². The lowest BCUT2D eigenvalue weighted by atomic mass is 9.86. The molecule has 0 saturated carbocycles. The Hall–Kier alpha value is -2.48. The van der Waals surface area contributed by atoms with Gasteiger partial charge in [0.15, 0.2) is 0 Å². The number of nitrogens with two attached hydrogens (primary N) is 1. The lowest BCUT2D eigenvalue weighted by molar-refractivity contribution is 0.0287. The molecule has 2 aromatic rings. The van der Waals surface area contributed by atoms with Gasteiger partial charge in [-0.3, -0.25) is 20.3 Å². The van der Waals surface area contributed by atoms with Gasteiger partial charge in [-0.15, -0.1) is 0 Å². The van der Waals surface area contributed by atoms with Crippen LogP contribution in [0.4, 0.5) is 0 Å². The highest BCUT2D eigenvalue weighted by Gasteiger charge is 2.27. The lowest BCUT2D eigenvalue weighted by Gasteiger charge is -2.33. The van der Waals surface area contributed by atoms with E-state index in [0.29, 0.717) is 24.8 Å². The molecule has 7 heteroatoms. The van der Waals surface area contributed by atoms with Gasteiger partial charge in [-0.25, -0.2) is 0 Å². The van der Waals surface area contributed by atoms with Crippen LogP contribution in [0.5, 0.6) is 5.75 Å². The third kappa shape index (κ3) is 3.61. The van der Waals surface area contributed by atoms with Crippen LogP contribution in [0.3, 0.4) is 0 Å². The van der Waals surface area contributed by atoms with Crippen molar-refractivity contribution in [2.24, 2.45) is 5.73 Å². The molecule has 28 heavy (non-hydrogen) atoms. The van der Waals surface area contributed by atoms with Crippen LogP contribution in [0.15, 0.2) is 42.6 Å². The molecular weight excluding hydrogens is 354 g/mol. The van der Waals surface area contributed by atoms with Crippen LogP contribution in [-0.2, 0) is 4.74 Å². The first-order valence-corrected chi connectivity index (χ1v) is 9.70. The summed E-state index contributed by atoms with van der Waals surface area (Å²) in [5.74, 6) is 0.971. The first-order chi connectivity index (χ1) is 13.5. The topological polar surface area (TPSA) is 100 Å². The van der Waals surface area contributed by atoms with E-state index in [1.165, 1.54) is 0 Å². The van der Waals surface area contributed by atoms with Crippen LogP contribution in [-0.4, -0.2) is 48.2 Å². The summed E-state index contributed by atoms with van der Waals surface area (Å²) < 4.78 is 13.4. The zero-order valence-electron chi connectivity index (χ0n) is 16.1. The number of nitrogens with one attached hydrogen (secondary N) is 2. The fourth-order valence-corrected chi connectivity index (χ4v) is 3.96. The summed E-state index contributed by atoms with van der Waals surface area (Å²) in [5.41, 5.74) is 8.76. The van der Waals surface area contributed by atoms with Gasteiger partial charge in [0.25, 0.3) is 0 Å². The number of pyridine rings is 1. The zero-order valence-corrected chi connectivity index (χ0v) is 16.1. The third-order valence-corrected chi connectivity index (χ3v) is 5.65. The van der Waals surface area contributed by atoms with E-state index in [-0.39, 0.29) is 23.7 Å². The quantitative estimate of drug-likeness (QED) is 0.559. The van der Waals surface area contributed by atoms with E-state index in [1.807, 2.05) is 19.2 Å². The second-order valence-electron chi connectivity index (χ2n) is 7.50. The van der Waals surface area contributed by atoms with Crippen LogP contribution >= 0.6 is 0 Å². The molecule has 148 valence electrons. The molecule has 0 spiro atoms. The molecule has 7 nitrogen and oxygen atoms in total. The standard InChI is InChI=1S/C21H27N5O2/c1-25-10-11-27-13-18(25)21(24)26-12-14(6-9-20(26)23)28-19-8-7-17(22)15-4-2-3-5-16(15)19/h2-6,9,12,17-19,23-24H,7-8,10-11,13,22H2,1H3. The van der Waals surface area contributed by atoms with E-state index in [4.69, 9.17) is 26.0 Å². The maximum atomic E-state index is 8.60. The number of morpholine rings is 1. The SMILES string of the molecule is CN1CCOCC1C(=N)n1cc(OC2CCC(N)c3ccccc32)ccc1=N. The number of fused-ring (bicyclic) bond motifs is 1. The van der Waals surface area contributed by atoms with Gasteiger partial charge >= 0.3 is 0 Å². The number of hydrogen-bond donors (Lipinski definition) is 3. The van der Waals surface area contributed by atoms with Crippen LogP contribution in [0, 0.1) is 10.8 Å². The Bertz CT molecular complexity index is 925. The average molecular weight is 381 g/mol. The Kier molecular flexibility index (Phi) is 5.30. The average Bonchev–Trinajstić information content (AvgIpc) is 2.71. The van der Waals surface area contributed by atoms with E-state index in [9.17, 15) is 0 Å². The number of likely N-dealkylation sites (N-methyl/N-ethyl adjacent to an activating group) is 1. The summed E-state index contributed by atoms with van der Waals surface area (Å²) in [4.78, 5) is 2.09. The van der Waals surface area contributed by atoms with E-state index in [1.54, 1.807) is 22.9 Å². The zero-order chi connectivity index (χ0) is 19.7. The molecule has 1 aromatic heterocycles. The molecule has 2 heterocycles. The number of nitrogens with zero attached hydrogens (tertiary/aromatic N) is 2.